The summed E-state index contributed by atoms with van der Waals surface area (Å²) in [5, 5.41) is 3.25. The molecule has 0 aliphatic carbocycles. The van der Waals surface area contributed by atoms with Crippen molar-refractivity contribution in [3.8, 4) is 0 Å². The first kappa shape index (κ1) is 15.5. The SMILES string of the molecule is CNS(=O)(=O)c1ccc(NCc2ccc(CN)cc2)cc1. The van der Waals surface area contributed by atoms with Crippen LogP contribution in [0.25, 0.3) is 0 Å². The maximum Gasteiger partial charge on any atom is 0.240 e. The molecule has 0 aromatic heterocycles. The Morgan fingerprint density at radius 3 is 2.05 bits per heavy atom. The third-order valence-corrected chi connectivity index (χ3v) is 4.62. The van der Waals surface area contributed by atoms with Gasteiger partial charge in [-0.3, -0.25) is 0 Å². The zero-order chi connectivity index (χ0) is 15.3. The van der Waals surface area contributed by atoms with E-state index in [9.17, 15) is 8.42 Å². The second kappa shape index (κ2) is 6.71. The molecule has 0 saturated carbocycles. The van der Waals surface area contributed by atoms with Gasteiger partial charge in [-0.2, -0.15) is 0 Å². The predicted octanol–water partition coefficient (Wildman–Crippen LogP) is 1.67. The van der Waals surface area contributed by atoms with E-state index >= 15 is 0 Å². The van der Waals surface area contributed by atoms with E-state index in [1.807, 2.05) is 24.3 Å². The molecule has 0 radical (unpaired) electrons. The van der Waals surface area contributed by atoms with E-state index in [0.29, 0.717) is 13.1 Å². The van der Waals surface area contributed by atoms with Gasteiger partial charge in [0.2, 0.25) is 10.0 Å². The smallest absolute Gasteiger partial charge is 0.240 e. The lowest BCUT2D eigenvalue weighted by atomic mass is 10.1. The van der Waals surface area contributed by atoms with Crippen molar-refractivity contribution >= 4 is 15.7 Å². The van der Waals surface area contributed by atoms with Gasteiger partial charge in [-0.1, -0.05) is 24.3 Å². The summed E-state index contributed by atoms with van der Waals surface area (Å²) in [5.41, 5.74) is 8.66. The van der Waals surface area contributed by atoms with Gasteiger partial charge in [0.1, 0.15) is 0 Å². The highest BCUT2D eigenvalue weighted by Gasteiger charge is 2.10. The summed E-state index contributed by atoms with van der Waals surface area (Å²) >= 11 is 0. The van der Waals surface area contributed by atoms with Crippen LogP contribution >= 0.6 is 0 Å². The quantitative estimate of drug-likeness (QED) is 0.758. The fraction of sp³-hybridized carbons (Fsp3) is 0.200. The van der Waals surface area contributed by atoms with Crippen LogP contribution in [0.1, 0.15) is 11.1 Å². The lowest BCUT2D eigenvalue weighted by molar-refractivity contribution is 0.588. The Morgan fingerprint density at radius 1 is 0.952 bits per heavy atom. The van der Waals surface area contributed by atoms with Gasteiger partial charge < -0.3 is 11.1 Å². The van der Waals surface area contributed by atoms with Crippen molar-refractivity contribution in [2.45, 2.75) is 18.0 Å². The van der Waals surface area contributed by atoms with Crippen LogP contribution in [0, 0.1) is 0 Å². The third-order valence-electron chi connectivity index (χ3n) is 3.19. The minimum absolute atomic E-state index is 0.253. The molecule has 0 saturated heterocycles. The lowest BCUT2D eigenvalue weighted by Gasteiger charge is -2.08. The standard InChI is InChI=1S/C15H19N3O2S/c1-17-21(19,20)15-8-6-14(7-9-15)18-11-13-4-2-12(10-16)3-5-13/h2-9,17-18H,10-11,16H2,1H3. The molecule has 5 nitrogen and oxygen atoms in total. The maximum atomic E-state index is 11.6. The molecule has 0 spiro atoms. The number of rotatable bonds is 6. The van der Waals surface area contributed by atoms with Crippen molar-refractivity contribution in [2.24, 2.45) is 5.73 Å². The van der Waals surface area contributed by atoms with Gasteiger partial charge in [-0.25, -0.2) is 13.1 Å². The Bertz CT molecular complexity index is 680. The number of anilines is 1. The molecule has 112 valence electrons. The molecule has 4 N–H and O–H groups in total. The van der Waals surface area contributed by atoms with Crippen LogP contribution in [0.3, 0.4) is 0 Å². The van der Waals surface area contributed by atoms with Crippen LogP contribution in [0.15, 0.2) is 53.4 Å². The molecule has 2 rings (SSSR count). The van der Waals surface area contributed by atoms with Crippen molar-refractivity contribution in [1.29, 1.82) is 0 Å². The molecule has 21 heavy (non-hydrogen) atoms. The van der Waals surface area contributed by atoms with Crippen LogP contribution in [0.2, 0.25) is 0 Å². The number of nitrogens with two attached hydrogens (primary N) is 1. The van der Waals surface area contributed by atoms with Gasteiger partial charge in [-0.05, 0) is 42.4 Å². The topological polar surface area (TPSA) is 84.2 Å². The number of benzene rings is 2. The van der Waals surface area contributed by atoms with Crippen molar-refractivity contribution in [3.05, 3.63) is 59.7 Å². The molecular formula is C15H19N3O2S. The second-order valence-electron chi connectivity index (χ2n) is 4.61. The first-order chi connectivity index (χ1) is 10.0. The number of sulfonamides is 1. The molecule has 0 atom stereocenters. The Balaban J connectivity index is 2.00. The Labute approximate surface area is 125 Å². The van der Waals surface area contributed by atoms with Crippen LogP contribution < -0.4 is 15.8 Å². The molecule has 0 bridgehead atoms. The van der Waals surface area contributed by atoms with Crippen LogP contribution in [-0.2, 0) is 23.1 Å². The molecule has 0 aliphatic rings. The Morgan fingerprint density at radius 2 is 1.52 bits per heavy atom. The minimum atomic E-state index is -3.38. The highest BCUT2D eigenvalue weighted by molar-refractivity contribution is 7.89. The van der Waals surface area contributed by atoms with E-state index in [4.69, 9.17) is 5.73 Å². The fourth-order valence-corrected chi connectivity index (χ4v) is 2.60. The Kier molecular flexibility index (Phi) is 4.95. The summed E-state index contributed by atoms with van der Waals surface area (Å²) in [4.78, 5) is 0.253. The third kappa shape index (κ3) is 4.04. The molecular weight excluding hydrogens is 286 g/mol. The number of hydrogen-bond acceptors (Lipinski definition) is 4. The van der Waals surface area contributed by atoms with Crippen LogP contribution in [0.5, 0.6) is 0 Å². The Hall–Kier alpha value is -1.89. The average molecular weight is 305 g/mol. The van der Waals surface area contributed by atoms with E-state index < -0.39 is 10.0 Å². The molecule has 0 heterocycles. The summed E-state index contributed by atoms with van der Waals surface area (Å²) in [7, 11) is -1.98. The highest BCUT2D eigenvalue weighted by Crippen LogP contribution is 2.15. The molecule has 0 amide bonds. The van der Waals surface area contributed by atoms with Crippen molar-refractivity contribution < 1.29 is 8.42 Å². The van der Waals surface area contributed by atoms with Crippen molar-refractivity contribution in [3.63, 3.8) is 0 Å². The van der Waals surface area contributed by atoms with Crippen LogP contribution in [-0.4, -0.2) is 15.5 Å². The fourth-order valence-electron chi connectivity index (χ4n) is 1.87. The number of hydrogen-bond donors (Lipinski definition) is 3. The normalized spacial score (nSPS) is 11.3. The van der Waals surface area contributed by atoms with E-state index in [-0.39, 0.29) is 4.90 Å². The van der Waals surface area contributed by atoms with E-state index in [1.165, 1.54) is 7.05 Å². The average Bonchev–Trinajstić information content (AvgIpc) is 2.54. The molecule has 0 aliphatic heterocycles. The monoisotopic (exact) mass is 305 g/mol. The van der Waals surface area contributed by atoms with Gasteiger partial charge >= 0.3 is 0 Å². The van der Waals surface area contributed by atoms with Gasteiger partial charge in [-0.15, -0.1) is 0 Å². The van der Waals surface area contributed by atoms with E-state index in [0.717, 1.165) is 16.8 Å². The summed E-state index contributed by atoms with van der Waals surface area (Å²) in [6.07, 6.45) is 0. The summed E-state index contributed by atoms with van der Waals surface area (Å²) < 4.78 is 25.5. The van der Waals surface area contributed by atoms with E-state index in [2.05, 4.69) is 10.0 Å². The van der Waals surface area contributed by atoms with Crippen LogP contribution in [0.4, 0.5) is 5.69 Å². The van der Waals surface area contributed by atoms with E-state index in [1.54, 1.807) is 24.3 Å². The summed E-state index contributed by atoms with van der Waals surface area (Å²) in [6, 6.07) is 14.7. The molecule has 0 fully saturated rings. The molecule has 6 heteroatoms. The predicted molar refractivity (Wildman–Crippen MR) is 84.3 cm³/mol. The van der Waals surface area contributed by atoms with Gasteiger partial charge in [0.15, 0.2) is 0 Å². The van der Waals surface area contributed by atoms with Gasteiger partial charge in [0, 0.05) is 18.8 Å². The van der Waals surface area contributed by atoms with Crippen molar-refractivity contribution in [2.75, 3.05) is 12.4 Å². The first-order valence-corrected chi connectivity index (χ1v) is 8.09. The van der Waals surface area contributed by atoms with Gasteiger partial charge in [0.25, 0.3) is 0 Å². The lowest BCUT2D eigenvalue weighted by Crippen LogP contribution is -2.18. The molecule has 2 aromatic rings. The van der Waals surface area contributed by atoms with Crippen molar-refractivity contribution in [1.82, 2.24) is 4.72 Å². The second-order valence-corrected chi connectivity index (χ2v) is 6.49. The summed E-state index contributed by atoms with van der Waals surface area (Å²) in [5.74, 6) is 0. The highest BCUT2D eigenvalue weighted by atomic mass is 32.2. The minimum Gasteiger partial charge on any atom is -0.381 e. The number of nitrogens with one attached hydrogen (secondary N) is 2. The summed E-state index contributed by atoms with van der Waals surface area (Å²) in [6.45, 7) is 1.21. The zero-order valence-corrected chi connectivity index (χ0v) is 12.7. The molecule has 0 unspecified atom stereocenters. The molecule has 2 aromatic carbocycles. The zero-order valence-electron chi connectivity index (χ0n) is 11.8. The maximum absolute atomic E-state index is 11.6. The first-order valence-electron chi connectivity index (χ1n) is 6.60. The largest absolute Gasteiger partial charge is 0.381 e. The van der Waals surface area contributed by atoms with Gasteiger partial charge in [0.05, 0.1) is 4.90 Å².